The molecular formula is C9H10F3NOS. The highest BCUT2D eigenvalue weighted by Gasteiger charge is 2.31. The van der Waals surface area contributed by atoms with Gasteiger partial charge in [-0.05, 0) is 30.7 Å². The largest absolute Gasteiger partial charge is 0.400 e. The lowest BCUT2D eigenvalue weighted by atomic mass is 10.2. The Kier molecular flexibility index (Phi) is 3.38. The van der Waals surface area contributed by atoms with E-state index in [2.05, 4.69) is 0 Å². The highest BCUT2D eigenvalue weighted by molar-refractivity contribution is 7.85. The first-order valence-electron chi connectivity index (χ1n) is 4.11. The quantitative estimate of drug-likeness (QED) is 0.802. The van der Waals surface area contributed by atoms with Crippen LogP contribution in [0.15, 0.2) is 23.1 Å². The number of hydrogen-bond acceptors (Lipinski definition) is 2. The zero-order chi connectivity index (χ0) is 11.6. The number of hydrogen-bond donors (Lipinski definition) is 1. The van der Waals surface area contributed by atoms with Crippen LogP contribution in [0.1, 0.15) is 5.56 Å². The molecule has 0 aromatic heterocycles. The number of nitrogen functional groups attached to an aromatic ring is 1. The fourth-order valence-corrected chi connectivity index (χ4v) is 2.25. The zero-order valence-corrected chi connectivity index (χ0v) is 8.78. The molecule has 2 N–H and O–H groups in total. The first kappa shape index (κ1) is 12.0. The standard InChI is InChI=1S/C9H10F3NOS/c1-6-4-7(13)2-3-8(6)15(14)5-9(10,11)12/h2-4H,5,13H2,1H3. The van der Waals surface area contributed by atoms with Crippen molar-refractivity contribution in [2.24, 2.45) is 0 Å². The van der Waals surface area contributed by atoms with Gasteiger partial charge in [0.25, 0.3) is 0 Å². The van der Waals surface area contributed by atoms with Gasteiger partial charge in [0.1, 0.15) is 5.75 Å². The van der Waals surface area contributed by atoms with Gasteiger partial charge < -0.3 is 5.73 Å². The van der Waals surface area contributed by atoms with Crippen molar-refractivity contribution < 1.29 is 17.4 Å². The molecular weight excluding hydrogens is 227 g/mol. The van der Waals surface area contributed by atoms with Gasteiger partial charge in [0.2, 0.25) is 0 Å². The first-order valence-corrected chi connectivity index (χ1v) is 5.43. The van der Waals surface area contributed by atoms with Gasteiger partial charge in [0.15, 0.2) is 0 Å². The van der Waals surface area contributed by atoms with Gasteiger partial charge in [0, 0.05) is 10.6 Å². The number of aryl methyl sites for hydroxylation is 1. The summed E-state index contributed by atoms with van der Waals surface area (Å²) in [5.41, 5.74) is 6.39. The molecule has 0 spiro atoms. The molecule has 0 heterocycles. The van der Waals surface area contributed by atoms with Gasteiger partial charge in [-0.3, -0.25) is 4.21 Å². The van der Waals surface area contributed by atoms with Crippen molar-refractivity contribution in [2.75, 3.05) is 11.5 Å². The molecule has 0 aliphatic carbocycles. The lowest BCUT2D eigenvalue weighted by molar-refractivity contribution is -0.105. The second-order valence-corrected chi connectivity index (χ2v) is 4.55. The predicted octanol–water partition coefficient (Wildman–Crippen LogP) is 2.25. The summed E-state index contributed by atoms with van der Waals surface area (Å²) in [5.74, 6) is -1.32. The average molecular weight is 237 g/mol. The van der Waals surface area contributed by atoms with Crippen LogP contribution in [0.4, 0.5) is 18.9 Å². The van der Waals surface area contributed by atoms with Crippen molar-refractivity contribution in [1.29, 1.82) is 0 Å². The molecule has 84 valence electrons. The Hall–Kier alpha value is -1.04. The van der Waals surface area contributed by atoms with Crippen LogP contribution >= 0.6 is 0 Å². The van der Waals surface area contributed by atoms with Crippen molar-refractivity contribution in [1.82, 2.24) is 0 Å². The fourth-order valence-electron chi connectivity index (χ4n) is 1.15. The smallest absolute Gasteiger partial charge is 0.399 e. The summed E-state index contributed by atoms with van der Waals surface area (Å²) < 4.78 is 47.3. The van der Waals surface area contributed by atoms with Crippen LogP contribution in [0.2, 0.25) is 0 Å². The first-order chi connectivity index (χ1) is 6.79. The maximum atomic E-state index is 12.0. The lowest BCUT2D eigenvalue weighted by Crippen LogP contribution is -2.19. The molecule has 1 aromatic rings. The van der Waals surface area contributed by atoms with E-state index < -0.39 is 22.7 Å². The van der Waals surface area contributed by atoms with Gasteiger partial charge in [0.05, 0.1) is 10.8 Å². The third kappa shape index (κ3) is 3.54. The van der Waals surface area contributed by atoms with E-state index in [9.17, 15) is 17.4 Å². The Balaban J connectivity index is 2.92. The zero-order valence-electron chi connectivity index (χ0n) is 7.97. The Labute approximate surface area is 87.7 Å². The van der Waals surface area contributed by atoms with E-state index in [1.54, 1.807) is 6.92 Å². The number of benzene rings is 1. The summed E-state index contributed by atoms with van der Waals surface area (Å²) in [6, 6.07) is 4.31. The number of halogens is 3. The third-order valence-corrected chi connectivity index (χ3v) is 3.28. The van der Waals surface area contributed by atoms with E-state index >= 15 is 0 Å². The molecule has 0 bridgehead atoms. The summed E-state index contributed by atoms with van der Waals surface area (Å²) in [6.07, 6.45) is -4.42. The van der Waals surface area contributed by atoms with Crippen LogP contribution in [0.25, 0.3) is 0 Å². The van der Waals surface area contributed by atoms with Crippen molar-refractivity contribution in [3.8, 4) is 0 Å². The molecule has 0 aliphatic rings. The maximum absolute atomic E-state index is 12.0. The Bertz CT molecular complexity index is 389. The molecule has 6 heteroatoms. The lowest BCUT2D eigenvalue weighted by Gasteiger charge is -2.08. The van der Waals surface area contributed by atoms with Crippen molar-refractivity contribution in [3.05, 3.63) is 23.8 Å². The van der Waals surface area contributed by atoms with Gasteiger partial charge in [-0.15, -0.1) is 0 Å². The molecule has 1 unspecified atom stereocenters. The average Bonchev–Trinajstić information content (AvgIpc) is 1.99. The van der Waals surface area contributed by atoms with Crippen LogP contribution in [0.5, 0.6) is 0 Å². The fraction of sp³-hybridized carbons (Fsp3) is 0.333. The number of nitrogens with two attached hydrogens (primary N) is 1. The molecule has 0 radical (unpaired) electrons. The Morgan fingerprint density at radius 1 is 1.40 bits per heavy atom. The molecule has 0 saturated carbocycles. The molecule has 0 fully saturated rings. The maximum Gasteiger partial charge on any atom is 0.400 e. The van der Waals surface area contributed by atoms with Crippen LogP contribution in [0.3, 0.4) is 0 Å². The molecule has 1 aromatic carbocycles. The molecule has 2 nitrogen and oxygen atoms in total. The minimum Gasteiger partial charge on any atom is -0.399 e. The second-order valence-electron chi connectivity index (χ2n) is 3.13. The Morgan fingerprint density at radius 3 is 2.47 bits per heavy atom. The normalized spacial score (nSPS) is 13.9. The van der Waals surface area contributed by atoms with Gasteiger partial charge in [-0.25, -0.2) is 0 Å². The van der Waals surface area contributed by atoms with Crippen LogP contribution < -0.4 is 5.73 Å². The van der Waals surface area contributed by atoms with E-state index in [4.69, 9.17) is 5.73 Å². The van der Waals surface area contributed by atoms with E-state index in [1.165, 1.54) is 18.2 Å². The molecule has 15 heavy (non-hydrogen) atoms. The Morgan fingerprint density at radius 2 is 2.00 bits per heavy atom. The van der Waals surface area contributed by atoms with Crippen molar-refractivity contribution in [2.45, 2.75) is 18.0 Å². The number of rotatable bonds is 2. The number of alkyl halides is 3. The van der Waals surface area contributed by atoms with Gasteiger partial charge in [-0.1, -0.05) is 0 Å². The predicted molar refractivity (Wildman–Crippen MR) is 52.9 cm³/mol. The minimum atomic E-state index is -4.42. The summed E-state index contributed by atoms with van der Waals surface area (Å²) in [5, 5.41) is 0. The second kappa shape index (κ2) is 4.22. The van der Waals surface area contributed by atoms with E-state index in [1.807, 2.05) is 0 Å². The van der Waals surface area contributed by atoms with Gasteiger partial charge >= 0.3 is 6.18 Å². The molecule has 1 atom stereocenters. The van der Waals surface area contributed by atoms with Crippen LogP contribution in [-0.4, -0.2) is 16.1 Å². The summed E-state index contributed by atoms with van der Waals surface area (Å²) >= 11 is 0. The van der Waals surface area contributed by atoms with Crippen molar-refractivity contribution >= 4 is 16.5 Å². The molecule has 0 amide bonds. The topological polar surface area (TPSA) is 43.1 Å². The van der Waals surface area contributed by atoms with E-state index in [-0.39, 0.29) is 4.90 Å². The summed E-state index contributed by atoms with van der Waals surface area (Å²) in [4.78, 5) is 0.182. The number of anilines is 1. The monoisotopic (exact) mass is 237 g/mol. The van der Waals surface area contributed by atoms with E-state index in [0.29, 0.717) is 11.3 Å². The molecule has 0 aliphatic heterocycles. The summed E-state index contributed by atoms with van der Waals surface area (Å²) in [6.45, 7) is 1.58. The SMILES string of the molecule is Cc1cc(N)ccc1S(=O)CC(F)(F)F. The van der Waals surface area contributed by atoms with Crippen LogP contribution in [0, 0.1) is 6.92 Å². The van der Waals surface area contributed by atoms with Crippen molar-refractivity contribution in [3.63, 3.8) is 0 Å². The highest BCUT2D eigenvalue weighted by Crippen LogP contribution is 2.22. The third-order valence-electron chi connectivity index (χ3n) is 1.74. The van der Waals surface area contributed by atoms with Crippen LogP contribution in [-0.2, 0) is 10.8 Å². The molecule has 1 rings (SSSR count). The molecule has 0 saturated heterocycles. The highest BCUT2D eigenvalue weighted by atomic mass is 32.2. The van der Waals surface area contributed by atoms with E-state index in [0.717, 1.165) is 0 Å². The minimum absolute atomic E-state index is 0.182. The summed E-state index contributed by atoms with van der Waals surface area (Å²) in [7, 11) is -2.05. The van der Waals surface area contributed by atoms with Gasteiger partial charge in [-0.2, -0.15) is 13.2 Å².